The molecule has 28 heavy (non-hydrogen) atoms. The highest BCUT2D eigenvalue weighted by atomic mass is 35.5. The third-order valence-corrected chi connectivity index (χ3v) is 4.98. The van der Waals surface area contributed by atoms with E-state index in [2.05, 4.69) is 10.6 Å². The van der Waals surface area contributed by atoms with Crippen molar-refractivity contribution in [2.75, 3.05) is 30.3 Å². The lowest BCUT2D eigenvalue weighted by Gasteiger charge is -2.30. The number of anilines is 2. The number of nitrogens with one attached hydrogen (secondary N) is 2. The standard InChI is InChI=1S/C21H21ClN4O2/c22-17-7-6-16(13-23)19(12-17)25-20(27)14-26-10-8-15(9-11-26)21(28)24-18-4-2-1-3-5-18/h1-7,12,15H,8-11,14H2,(H,24,28)(H,25,27). The van der Waals surface area contributed by atoms with Gasteiger partial charge in [-0.1, -0.05) is 29.8 Å². The van der Waals surface area contributed by atoms with Gasteiger partial charge < -0.3 is 10.6 Å². The maximum absolute atomic E-state index is 12.4. The summed E-state index contributed by atoms with van der Waals surface area (Å²) in [5.74, 6) is -0.239. The van der Waals surface area contributed by atoms with Gasteiger partial charge in [0.2, 0.25) is 11.8 Å². The van der Waals surface area contributed by atoms with Crippen LogP contribution in [-0.4, -0.2) is 36.3 Å². The van der Waals surface area contributed by atoms with E-state index in [4.69, 9.17) is 16.9 Å². The van der Waals surface area contributed by atoms with E-state index in [9.17, 15) is 9.59 Å². The van der Waals surface area contributed by atoms with Gasteiger partial charge in [0, 0.05) is 16.6 Å². The molecule has 0 unspecified atom stereocenters. The lowest BCUT2D eigenvalue weighted by Crippen LogP contribution is -2.41. The molecule has 7 heteroatoms. The fraction of sp³-hybridized carbons (Fsp3) is 0.286. The van der Waals surface area contributed by atoms with Crippen molar-refractivity contribution in [3.63, 3.8) is 0 Å². The van der Waals surface area contributed by atoms with Gasteiger partial charge in [0.05, 0.1) is 17.8 Å². The van der Waals surface area contributed by atoms with Crippen LogP contribution in [0, 0.1) is 17.2 Å². The molecule has 2 aromatic rings. The Bertz CT molecular complexity index is 887. The largest absolute Gasteiger partial charge is 0.326 e. The molecule has 2 N–H and O–H groups in total. The van der Waals surface area contributed by atoms with Crippen LogP contribution in [0.3, 0.4) is 0 Å². The van der Waals surface area contributed by atoms with Gasteiger partial charge in [-0.05, 0) is 56.3 Å². The first-order valence-corrected chi connectivity index (χ1v) is 9.50. The molecule has 0 radical (unpaired) electrons. The average molecular weight is 397 g/mol. The van der Waals surface area contributed by atoms with Crippen LogP contribution in [0.4, 0.5) is 11.4 Å². The van der Waals surface area contributed by atoms with Crippen molar-refractivity contribution >= 4 is 34.8 Å². The molecule has 0 bridgehead atoms. The Morgan fingerprint density at radius 3 is 2.50 bits per heavy atom. The number of benzene rings is 2. The molecule has 6 nitrogen and oxygen atoms in total. The van der Waals surface area contributed by atoms with E-state index in [1.807, 2.05) is 41.3 Å². The summed E-state index contributed by atoms with van der Waals surface area (Å²) in [6.45, 7) is 1.55. The molecule has 0 aromatic heterocycles. The number of hydrogen-bond donors (Lipinski definition) is 2. The molecule has 2 amide bonds. The quantitative estimate of drug-likeness (QED) is 0.809. The molecule has 144 valence electrons. The number of halogens is 1. The summed E-state index contributed by atoms with van der Waals surface area (Å²) in [7, 11) is 0. The summed E-state index contributed by atoms with van der Waals surface area (Å²) in [4.78, 5) is 26.7. The van der Waals surface area contributed by atoms with Gasteiger partial charge in [0.15, 0.2) is 0 Å². The number of carbonyl (C=O) groups excluding carboxylic acids is 2. The summed E-state index contributed by atoms with van der Waals surface area (Å²) >= 11 is 5.94. The fourth-order valence-corrected chi connectivity index (χ4v) is 3.40. The fourth-order valence-electron chi connectivity index (χ4n) is 3.23. The van der Waals surface area contributed by atoms with Crippen molar-refractivity contribution in [2.45, 2.75) is 12.8 Å². The van der Waals surface area contributed by atoms with E-state index >= 15 is 0 Å². The van der Waals surface area contributed by atoms with Crippen molar-refractivity contribution in [1.82, 2.24) is 4.90 Å². The zero-order valence-electron chi connectivity index (χ0n) is 15.3. The molecule has 0 spiro atoms. The second-order valence-corrected chi connectivity index (χ2v) is 7.19. The number of nitrogens with zero attached hydrogens (tertiary/aromatic N) is 2. The third-order valence-electron chi connectivity index (χ3n) is 4.74. The van der Waals surface area contributed by atoms with Gasteiger partial charge >= 0.3 is 0 Å². The second-order valence-electron chi connectivity index (χ2n) is 6.76. The maximum Gasteiger partial charge on any atom is 0.238 e. The third kappa shape index (κ3) is 5.32. The molecule has 1 aliphatic heterocycles. The van der Waals surface area contributed by atoms with E-state index in [-0.39, 0.29) is 24.3 Å². The number of hydrogen-bond acceptors (Lipinski definition) is 4. The lowest BCUT2D eigenvalue weighted by molar-refractivity contribution is -0.121. The van der Waals surface area contributed by atoms with Crippen LogP contribution in [0.2, 0.25) is 5.02 Å². The first-order chi connectivity index (χ1) is 13.5. The molecule has 0 saturated carbocycles. The maximum atomic E-state index is 12.4. The van der Waals surface area contributed by atoms with E-state index in [1.54, 1.807) is 18.2 Å². The molecule has 0 atom stereocenters. The van der Waals surface area contributed by atoms with Gasteiger partial charge in [-0.25, -0.2) is 0 Å². The predicted molar refractivity (Wildman–Crippen MR) is 109 cm³/mol. The van der Waals surface area contributed by atoms with Crippen molar-refractivity contribution in [3.05, 3.63) is 59.1 Å². The molecule has 1 fully saturated rings. The molecule has 3 rings (SSSR count). The number of piperidine rings is 1. The van der Waals surface area contributed by atoms with Crippen LogP contribution in [-0.2, 0) is 9.59 Å². The van der Waals surface area contributed by atoms with Crippen molar-refractivity contribution in [2.24, 2.45) is 5.92 Å². The van der Waals surface area contributed by atoms with E-state index in [1.165, 1.54) is 0 Å². The van der Waals surface area contributed by atoms with Gasteiger partial charge in [0.1, 0.15) is 6.07 Å². The minimum Gasteiger partial charge on any atom is -0.326 e. The van der Waals surface area contributed by atoms with Gasteiger partial charge in [0.25, 0.3) is 0 Å². The number of likely N-dealkylation sites (tertiary alicyclic amines) is 1. The van der Waals surface area contributed by atoms with Gasteiger partial charge in [-0.3, -0.25) is 14.5 Å². The lowest BCUT2D eigenvalue weighted by atomic mass is 9.96. The van der Waals surface area contributed by atoms with E-state index < -0.39 is 0 Å². The van der Waals surface area contributed by atoms with Crippen LogP contribution in [0.1, 0.15) is 18.4 Å². The number of carbonyl (C=O) groups is 2. The zero-order valence-corrected chi connectivity index (χ0v) is 16.1. The van der Waals surface area contributed by atoms with E-state index in [0.29, 0.717) is 42.2 Å². The average Bonchev–Trinajstić information content (AvgIpc) is 2.69. The predicted octanol–water partition coefficient (Wildman–Crippen LogP) is 3.50. The van der Waals surface area contributed by atoms with Crippen molar-refractivity contribution < 1.29 is 9.59 Å². The number of para-hydroxylation sites is 1. The van der Waals surface area contributed by atoms with Crippen LogP contribution in [0.15, 0.2) is 48.5 Å². The summed E-state index contributed by atoms with van der Waals surface area (Å²) in [5, 5.41) is 15.3. The minimum absolute atomic E-state index is 0.0212. The topological polar surface area (TPSA) is 85.2 Å². The Balaban J connectivity index is 1.48. The number of amides is 2. The first kappa shape index (κ1) is 19.9. The smallest absolute Gasteiger partial charge is 0.238 e. The highest BCUT2D eigenvalue weighted by molar-refractivity contribution is 6.31. The van der Waals surface area contributed by atoms with Crippen LogP contribution >= 0.6 is 11.6 Å². The molecular formula is C21H21ClN4O2. The Kier molecular flexibility index (Phi) is 6.64. The Hall–Kier alpha value is -2.88. The van der Waals surface area contributed by atoms with Crippen molar-refractivity contribution in [1.29, 1.82) is 5.26 Å². The highest BCUT2D eigenvalue weighted by Gasteiger charge is 2.26. The summed E-state index contributed by atoms with van der Waals surface area (Å²) in [5.41, 5.74) is 1.58. The van der Waals surface area contributed by atoms with Gasteiger partial charge in [-0.15, -0.1) is 0 Å². The van der Waals surface area contributed by atoms with Crippen LogP contribution in [0.25, 0.3) is 0 Å². The molecule has 2 aromatic carbocycles. The van der Waals surface area contributed by atoms with Gasteiger partial charge in [-0.2, -0.15) is 5.26 Å². The zero-order chi connectivity index (χ0) is 19.9. The Morgan fingerprint density at radius 2 is 1.82 bits per heavy atom. The second kappa shape index (κ2) is 9.36. The molecular weight excluding hydrogens is 376 g/mol. The van der Waals surface area contributed by atoms with Crippen molar-refractivity contribution in [3.8, 4) is 6.07 Å². The molecule has 1 aliphatic rings. The Morgan fingerprint density at radius 1 is 1.11 bits per heavy atom. The SMILES string of the molecule is N#Cc1ccc(Cl)cc1NC(=O)CN1CCC(C(=O)Nc2ccccc2)CC1. The van der Waals surface area contributed by atoms with Crippen LogP contribution in [0.5, 0.6) is 0 Å². The molecule has 1 saturated heterocycles. The minimum atomic E-state index is -0.203. The Labute approximate surface area is 169 Å². The highest BCUT2D eigenvalue weighted by Crippen LogP contribution is 2.22. The van der Waals surface area contributed by atoms with E-state index in [0.717, 1.165) is 5.69 Å². The normalized spacial score (nSPS) is 14.9. The summed E-state index contributed by atoms with van der Waals surface area (Å²) < 4.78 is 0. The molecule has 0 aliphatic carbocycles. The number of rotatable bonds is 5. The molecule has 1 heterocycles. The number of nitriles is 1. The summed E-state index contributed by atoms with van der Waals surface area (Å²) in [6.07, 6.45) is 1.40. The first-order valence-electron chi connectivity index (χ1n) is 9.13. The van der Waals surface area contributed by atoms with Crippen LogP contribution < -0.4 is 10.6 Å². The summed E-state index contributed by atoms with van der Waals surface area (Å²) in [6, 6.07) is 16.2. The monoisotopic (exact) mass is 396 g/mol.